The maximum Gasteiger partial charge on any atom is 0.259 e. The van der Waals surface area contributed by atoms with Crippen LogP contribution in [0.25, 0.3) is 11.1 Å². The molecule has 0 heterocycles. The van der Waals surface area contributed by atoms with Crippen molar-refractivity contribution >= 4 is 34.8 Å². The molecule has 0 aliphatic carbocycles. The molecule has 23 heavy (non-hydrogen) atoms. The molecule has 0 amide bonds. The van der Waals surface area contributed by atoms with Gasteiger partial charge in [-0.15, -0.1) is 0 Å². The molecule has 0 bridgehead atoms. The predicted octanol–water partition coefficient (Wildman–Crippen LogP) is 3.63. The van der Waals surface area contributed by atoms with Crippen molar-refractivity contribution in [2.75, 3.05) is 6.61 Å². The van der Waals surface area contributed by atoms with E-state index >= 15 is 0 Å². The van der Waals surface area contributed by atoms with E-state index in [2.05, 4.69) is 12.2 Å². The molecule has 0 atom stereocenters. The Morgan fingerprint density at radius 2 is 1.52 bits per heavy atom. The molecule has 2 rings (SSSR count). The zero-order valence-electron chi connectivity index (χ0n) is 12.9. The summed E-state index contributed by atoms with van der Waals surface area (Å²) in [5, 5.41) is 0.172. The van der Waals surface area contributed by atoms with Gasteiger partial charge in [0.05, 0.1) is 6.61 Å². The van der Waals surface area contributed by atoms with Gasteiger partial charge in [0.15, 0.2) is 0 Å². The molecule has 2 aromatic rings. The molecule has 0 unspecified atom stereocenters. The highest BCUT2D eigenvalue weighted by Crippen LogP contribution is 2.29. The average Bonchev–Trinajstić information content (AvgIpc) is 2.54. The van der Waals surface area contributed by atoms with Gasteiger partial charge in [-0.25, -0.2) is 0 Å². The lowest BCUT2D eigenvalue weighted by Crippen LogP contribution is -2.16. The first-order valence-electron chi connectivity index (χ1n) is 7.08. The Morgan fingerprint density at radius 1 is 0.913 bits per heavy atom. The van der Waals surface area contributed by atoms with Crippen molar-refractivity contribution < 1.29 is 9.47 Å². The normalized spacial score (nSPS) is 9.26. The fourth-order valence-corrected chi connectivity index (χ4v) is 1.90. The summed E-state index contributed by atoms with van der Waals surface area (Å²) in [5.74, 6) is 0.682. The lowest BCUT2D eigenvalue weighted by Gasteiger charge is -2.09. The van der Waals surface area contributed by atoms with Gasteiger partial charge in [-0.3, -0.25) is 0 Å². The van der Waals surface area contributed by atoms with E-state index in [9.17, 15) is 0 Å². The van der Waals surface area contributed by atoms with Crippen LogP contribution >= 0.6 is 24.4 Å². The number of para-hydroxylation sites is 1. The van der Waals surface area contributed by atoms with E-state index in [0.717, 1.165) is 17.5 Å². The largest absolute Gasteiger partial charge is 0.471 e. The van der Waals surface area contributed by atoms with Crippen LogP contribution in [0.3, 0.4) is 0 Å². The topological polar surface area (TPSA) is 70.5 Å². The molecule has 0 aromatic heterocycles. The molecule has 2 aromatic carbocycles. The molecule has 0 saturated carbocycles. The van der Waals surface area contributed by atoms with Crippen LogP contribution in [0.4, 0.5) is 0 Å². The Hall–Kier alpha value is -2.18. The molecule has 6 heteroatoms. The standard InChI is InChI=1S/C13H11NOS.C4H9NOS/c14-13(16)15-12-9-5-4-8-11(12)10-6-2-1-3-7-10;1-2-3-6-4(5)7/h1-9H,(H2,14,16);2-3H2,1H3,(H2,5,7). The minimum absolute atomic E-state index is 0.0309. The smallest absolute Gasteiger partial charge is 0.259 e. The molecule has 0 fully saturated rings. The molecule has 0 spiro atoms. The van der Waals surface area contributed by atoms with Gasteiger partial charge in [0, 0.05) is 5.56 Å². The number of thiocarbonyl (C=S) groups is 2. The maximum atomic E-state index is 5.38. The van der Waals surface area contributed by atoms with Crippen LogP contribution in [0, 0.1) is 0 Å². The average molecular weight is 348 g/mol. The molecule has 0 aliphatic heterocycles. The molecule has 0 aliphatic rings. The van der Waals surface area contributed by atoms with Crippen LogP contribution in [0.1, 0.15) is 13.3 Å². The molecule has 0 radical (unpaired) electrons. The minimum atomic E-state index is 0.0309. The first kappa shape index (κ1) is 18.9. The van der Waals surface area contributed by atoms with Gasteiger partial charge in [-0.05, 0) is 42.5 Å². The Kier molecular flexibility index (Phi) is 8.64. The van der Waals surface area contributed by atoms with Crippen molar-refractivity contribution in [2.45, 2.75) is 13.3 Å². The fraction of sp³-hybridized carbons (Fsp3) is 0.176. The summed E-state index contributed by atoms with van der Waals surface area (Å²) in [6, 6.07) is 17.6. The van der Waals surface area contributed by atoms with Gasteiger partial charge in [-0.2, -0.15) is 0 Å². The van der Waals surface area contributed by atoms with Crippen molar-refractivity contribution in [3.8, 4) is 16.9 Å². The highest BCUT2D eigenvalue weighted by atomic mass is 32.1. The molecular weight excluding hydrogens is 328 g/mol. The highest BCUT2D eigenvalue weighted by molar-refractivity contribution is 7.80. The number of rotatable bonds is 4. The van der Waals surface area contributed by atoms with Crippen LogP contribution in [-0.2, 0) is 4.74 Å². The van der Waals surface area contributed by atoms with Crippen molar-refractivity contribution in [2.24, 2.45) is 11.5 Å². The zero-order chi connectivity index (χ0) is 17.1. The lowest BCUT2D eigenvalue weighted by molar-refractivity contribution is 0.308. The summed E-state index contributed by atoms with van der Waals surface area (Å²) in [7, 11) is 0. The van der Waals surface area contributed by atoms with Crippen molar-refractivity contribution in [1.29, 1.82) is 0 Å². The van der Waals surface area contributed by atoms with E-state index < -0.39 is 0 Å². The van der Waals surface area contributed by atoms with Crippen LogP contribution in [0.15, 0.2) is 54.6 Å². The van der Waals surface area contributed by atoms with Crippen LogP contribution in [0.5, 0.6) is 5.75 Å². The summed E-state index contributed by atoms with van der Waals surface area (Å²) < 4.78 is 10.0. The second kappa shape index (κ2) is 10.5. The Labute approximate surface area is 147 Å². The van der Waals surface area contributed by atoms with Gasteiger partial charge in [-0.1, -0.05) is 55.5 Å². The van der Waals surface area contributed by atoms with Crippen molar-refractivity contribution in [1.82, 2.24) is 0 Å². The zero-order valence-corrected chi connectivity index (χ0v) is 14.5. The van der Waals surface area contributed by atoms with Gasteiger partial charge in [0.25, 0.3) is 10.3 Å². The first-order chi connectivity index (χ1) is 11.0. The molecule has 4 nitrogen and oxygen atoms in total. The van der Waals surface area contributed by atoms with E-state index in [1.165, 1.54) is 0 Å². The summed E-state index contributed by atoms with van der Waals surface area (Å²) in [6.07, 6.45) is 0.956. The third-order valence-electron chi connectivity index (χ3n) is 2.63. The summed E-state index contributed by atoms with van der Waals surface area (Å²) in [5.41, 5.74) is 12.4. The van der Waals surface area contributed by atoms with Gasteiger partial charge >= 0.3 is 0 Å². The SMILES string of the molecule is CCCOC(N)=S.NC(=S)Oc1ccccc1-c1ccccc1. The highest BCUT2D eigenvalue weighted by Gasteiger charge is 2.05. The van der Waals surface area contributed by atoms with E-state index in [0.29, 0.717) is 12.4 Å². The monoisotopic (exact) mass is 348 g/mol. The Morgan fingerprint density at radius 3 is 2.04 bits per heavy atom. The summed E-state index contributed by atoms with van der Waals surface area (Å²) in [6.45, 7) is 2.63. The van der Waals surface area contributed by atoms with Crippen molar-refractivity contribution in [3.63, 3.8) is 0 Å². The number of hydrogen-bond acceptors (Lipinski definition) is 4. The molecular formula is C17H20N2O2S2. The number of hydrogen-bond donors (Lipinski definition) is 2. The maximum absolute atomic E-state index is 5.38. The Balaban J connectivity index is 0.000000322. The van der Waals surface area contributed by atoms with Gasteiger partial charge in [0.2, 0.25) is 0 Å². The third-order valence-corrected chi connectivity index (χ3v) is 2.83. The predicted molar refractivity (Wildman–Crippen MR) is 102 cm³/mol. The van der Waals surface area contributed by atoms with Crippen LogP contribution in [0.2, 0.25) is 0 Å². The minimum Gasteiger partial charge on any atom is -0.471 e. The molecule has 0 saturated heterocycles. The van der Waals surface area contributed by atoms with E-state index in [-0.39, 0.29) is 10.3 Å². The molecule has 122 valence electrons. The number of nitrogens with two attached hydrogens (primary N) is 2. The van der Waals surface area contributed by atoms with Gasteiger partial charge in [0.1, 0.15) is 5.75 Å². The second-order valence-corrected chi connectivity index (χ2v) is 5.26. The lowest BCUT2D eigenvalue weighted by atomic mass is 10.1. The molecule has 4 N–H and O–H groups in total. The Bertz CT molecular complexity index is 634. The van der Waals surface area contributed by atoms with Crippen LogP contribution < -0.4 is 16.2 Å². The summed E-state index contributed by atoms with van der Waals surface area (Å²) in [4.78, 5) is 0. The van der Waals surface area contributed by atoms with E-state index in [1.54, 1.807) is 0 Å². The van der Waals surface area contributed by atoms with Gasteiger partial charge < -0.3 is 20.9 Å². The van der Waals surface area contributed by atoms with E-state index in [4.69, 9.17) is 33.2 Å². The van der Waals surface area contributed by atoms with Crippen molar-refractivity contribution in [3.05, 3.63) is 54.6 Å². The number of ether oxygens (including phenoxy) is 2. The first-order valence-corrected chi connectivity index (χ1v) is 7.90. The number of benzene rings is 2. The summed E-state index contributed by atoms with van der Waals surface area (Å²) >= 11 is 9.16. The second-order valence-electron chi connectivity index (χ2n) is 4.45. The fourth-order valence-electron chi connectivity index (χ4n) is 1.72. The van der Waals surface area contributed by atoms with Crippen LogP contribution in [-0.4, -0.2) is 17.0 Å². The third kappa shape index (κ3) is 7.58. The van der Waals surface area contributed by atoms with E-state index in [1.807, 2.05) is 61.5 Å². The quantitative estimate of drug-likeness (QED) is 0.822.